The fourth-order valence-corrected chi connectivity index (χ4v) is 3.99. The van der Waals surface area contributed by atoms with Crippen LogP contribution >= 0.6 is 23.2 Å². The van der Waals surface area contributed by atoms with Crippen LogP contribution in [0.4, 0.5) is 17.1 Å². The Labute approximate surface area is 191 Å². The highest BCUT2D eigenvalue weighted by Gasteiger charge is 2.31. The van der Waals surface area contributed by atoms with Gasteiger partial charge >= 0.3 is 0 Å². The molecule has 7 nitrogen and oxygen atoms in total. The Hall–Kier alpha value is -2.61. The number of carbonyl (C=O) groups excluding carboxylic acids is 3. The van der Waals surface area contributed by atoms with Crippen molar-refractivity contribution >= 4 is 58.0 Å². The van der Waals surface area contributed by atoms with E-state index in [4.69, 9.17) is 23.2 Å². The zero-order valence-electron chi connectivity index (χ0n) is 17.5. The van der Waals surface area contributed by atoms with Gasteiger partial charge in [0, 0.05) is 28.2 Å². The standard InChI is InChI=1S/C22H24Cl2N4O3/c1-13-8-20(29)26-18-6-4-5-7-19(18)28(13)21(30)12-27(3)14(2)22(31)25-17-10-15(23)9-16(24)11-17/h4-7,9-11,13-14H,8,12H2,1-3H3,(H,25,31)(H,26,29)/t13-,14-/m0/s1. The van der Waals surface area contributed by atoms with Crippen LogP contribution in [-0.4, -0.2) is 48.3 Å². The highest BCUT2D eigenvalue weighted by Crippen LogP contribution is 2.31. The highest BCUT2D eigenvalue weighted by molar-refractivity contribution is 6.35. The van der Waals surface area contributed by atoms with E-state index in [-0.39, 0.29) is 36.7 Å². The second-order valence-corrected chi connectivity index (χ2v) is 8.49. The molecule has 164 valence electrons. The SMILES string of the molecule is C[C@@H](C(=O)Nc1cc(Cl)cc(Cl)c1)N(C)CC(=O)N1c2ccccc2NC(=O)C[C@@H]1C. The molecule has 0 saturated carbocycles. The lowest BCUT2D eigenvalue weighted by Crippen LogP contribution is -2.48. The van der Waals surface area contributed by atoms with Crippen molar-refractivity contribution in [3.8, 4) is 0 Å². The molecule has 1 aliphatic rings. The summed E-state index contributed by atoms with van der Waals surface area (Å²) in [6, 6.07) is 11.0. The van der Waals surface area contributed by atoms with Crippen molar-refractivity contribution in [2.45, 2.75) is 32.4 Å². The van der Waals surface area contributed by atoms with Crippen LogP contribution in [0.2, 0.25) is 10.0 Å². The number of hydrogen-bond donors (Lipinski definition) is 2. The molecule has 0 spiro atoms. The Bertz CT molecular complexity index is 994. The molecule has 0 bridgehead atoms. The molecule has 2 aromatic rings. The highest BCUT2D eigenvalue weighted by atomic mass is 35.5. The summed E-state index contributed by atoms with van der Waals surface area (Å²) in [6.07, 6.45) is 0.190. The zero-order valence-corrected chi connectivity index (χ0v) is 19.0. The van der Waals surface area contributed by atoms with Crippen molar-refractivity contribution < 1.29 is 14.4 Å². The van der Waals surface area contributed by atoms with Crippen LogP contribution in [0.25, 0.3) is 0 Å². The van der Waals surface area contributed by atoms with Gasteiger partial charge in [0.25, 0.3) is 0 Å². The van der Waals surface area contributed by atoms with Gasteiger partial charge in [0.1, 0.15) is 0 Å². The number of rotatable bonds is 5. The Morgan fingerprint density at radius 3 is 2.55 bits per heavy atom. The van der Waals surface area contributed by atoms with E-state index in [2.05, 4.69) is 10.6 Å². The second-order valence-electron chi connectivity index (χ2n) is 7.62. The number of benzene rings is 2. The minimum Gasteiger partial charge on any atom is -0.325 e. The first kappa shape index (κ1) is 23.1. The molecular formula is C22H24Cl2N4O3. The quantitative estimate of drug-likeness (QED) is 0.702. The Balaban J connectivity index is 1.71. The van der Waals surface area contributed by atoms with Crippen molar-refractivity contribution in [3.63, 3.8) is 0 Å². The Morgan fingerprint density at radius 1 is 1.23 bits per heavy atom. The van der Waals surface area contributed by atoms with Crippen molar-refractivity contribution in [1.29, 1.82) is 0 Å². The largest absolute Gasteiger partial charge is 0.325 e. The molecule has 31 heavy (non-hydrogen) atoms. The summed E-state index contributed by atoms with van der Waals surface area (Å²) in [5, 5.41) is 6.43. The maximum Gasteiger partial charge on any atom is 0.241 e. The summed E-state index contributed by atoms with van der Waals surface area (Å²) >= 11 is 12.0. The summed E-state index contributed by atoms with van der Waals surface area (Å²) in [5.74, 6) is -0.643. The lowest BCUT2D eigenvalue weighted by atomic mass is 10.1. The molecule has 2 N–H and O–H groups in total. The van der Waals surface area contributed by atoms with E-state index < -0.39 is 6.04 Å². The van der Waals surface area contributed by atoms with E-state index in [0.29, 0.717) is 27.1 Å². The number of para-hydroxylation sites is 2. The van der Waals surface area contributed by atoms with E-state index >= 15 is 0 Å². The van der Waals surface area contributed by atoms with Gasteiger partial charge in [-0.3, -0.25) is 19.3 Å². The molecule has 3 amide bonds. The Morgan fingerprint density at radius 2 is 1.87 bits per heavy atom. The van der Waals surface area contributed by atoms with Gasteiger partial charge in [-0.1, -0.05) is 35.3 Å². The molecule has 2 aromatic carbocycles. The number of hydrogen-bond acceptors (Lipinski definition) is 4. The second kappa shape index (κ2) is 9.68. The molecule has 0 fully saturated rings. The van der Waals surface area contributed by atoms with Gasteiger partial charge in [0.05, 0.1) is 24.0 Å². The molecule has 0 unspecified atom stereocenters. The first-order valence-electron chi connectivity index (χ1n) is 9.84. The molecule has 1 heterocycles. The fraction of sp³-hybridized carbons (Fsp3) is 0.318. The van der Waals surface area contributed by atoms with Crippen LogP contribution in [0.3, 0.4) is 0 Å². The number of halogens is 2. The van der Waals surface area contributed by atoms with Gasteiger partial charge in [-0.05, 0) is 51.2 Å². The van der Waals surface area contributed by atoms with Gasteiger partial charge < -0.3 is 15.5 Å². The minimum atomic E-state index is -0.598. The number of nitrogens with zero attached hydrogens (tertiary/aromatic N) is 2. The van der Waals surface area contributed by atoms with E-state index in [0.717, 1.165) is 0 Å². The summed E-state index contributed by atoms with van der Waals surface area (Å²) in [4.78, 5) is 41.3. The van der Waals surface area contributed by atoms with Crippen molar-refractivity contribution in [3.05, 3.63) is 52.5 Å². The van der Waals surface area contributed by atoms with E-state index in [1.54, 1.807) is 60.2 Å². The average Bonchev–Trinajstić information content (AvgIpc) is 2.80. The third-order valence-electron chi connectivity index (χ3n) is 5.18. The monoisotopic (exact) mass is 462 g/mol. The maximum atomic E-state index is 13.2. The molecule has 2 atom stereocenters. The average molecular weight is 463 g/mol. The van der Waals surface area contributed by atoms with Crippen LogP contribution in [0, 0.1) is 0 Å². The van der Waals surface area contributed by atoms with Gasteiger partial charge in [0.2, 0.25) is 17.7 Å². The summed E-state index contributed by atoms with van der Waals surface area (Å²) in [5.41, 5.74) is 1.72. The van der Waals surface area contributed by atoms with Crippen LogP contribution in [0.5, 0.6) is 0 Å². The summed E-state index contributed by atoms with van der Waals surface area (Å²) in [6.45, 7) is 3.54. The number of carbonyl (C=O) groups is 3. The molecule has 9 heteroatoms. The number of amides is 3. The third-order valence-corrected chi connectivity index (χ3v) is 5.62. The van der Waals surface area contributed by atoms with E-state index in [1.807, 2.05) is 13.0 Å². The predicted molar refractivity (Wildman–Crippen MR) is 124 cm³/mol. The molecular weight excluding hydrogens is 439 g/mol. The fourth-order valence-electron chi connectivity index (χ4n) is 3.47. The van der Waals surface area contributed by atoms with Gasteiger partial charge in [0.15, 0.2) is 0 Å². The van der Waals surface area contributed by atoms with Crippen molar-refractivity contribution in [1.82, 2.24) is 4.90 Å². The lowest BCUT2D eigenvalue weighted by Gasteiger charge is -2.31. The molecule has 0 aliphatic carbocycles. The zero-order chi connectivity index (χ0) is 22.7. The lowest BCUT2D eigenvalue weighted by molar-refractivity contribution is -0.123. The summed E-state index contributed by atoms with van der Waals surface area (Å²) in [7, 11) is 1.70. The third kappa shape index (κ3) is 5.55. The maximum absolute atomic E-state index is 13.2. The van der Waals surface area contributed by atoms with Crippen LogP contribution in [-0.2, 0) is 14.4 Å². The van der Waals surface area contributed by atoms with Gasteiger partial charge in [-0.15, -0.1) is 0 Å². The van der Waals surface area contributed by atoms with E-state index in [9.17, 15) is 14.4 Å². The molecule has 1 aliphatic heterocycles. The molecule has 0 saturated heterocycles. The van der Waals surface area contributed by atoms with Crippen LogP contribution in [0.15, 0.2) is 42.5 Å². The first-order valence-corrected chi connectivity index (χ1v) is 10.6. The van der Waals surface area contributed by atoms with Gasteiger partial charge in [-0.2, -0.15) is 0 Å². The Kier molecular flexibility index (Phi) is 7.20. The number of fused-ring (bicyclic) bond motifs is 1. The van der Waals surface area contributed by atoms with Crippen LogP contribution < -0.4 is 15.5 Å². The number of likely N-dealkylation sites (N-methyl/N-ethyl adjacent to an activating group) is 1. The van der Waals surface area contributed by atoms with Gasteiger partial charge in [-0.25, -0.2) is 0 Å². The van der Waals surface area contributed by atoms with Crippen molar-refractivity contribution in [2.75, 3.05) is 29.1 Å². The number of anilines is 3. The van der Waals surface area contributed by atoms with Crippen molar-refractivity contribution in [2.24, 2.45) is 0 Å². The molecule has 0 aromatic heterocycles. The smallest absolute Gasteiger partial charge is 0.241 e. The van der Waals surface area contributed by atoms with E-state index in [1.165, 1.54) is 0 Å². The minimum absolute atomic E-state index is 0.00223. The normalized spacial score (nSPS) is 16.9. The molecule has 0 radical (unpaired) electrons. The van der Waals surface area contributed by atoms with Crippen LogP contribution in [0.1, 0.15) is 20.3 Å². The predicted octanol–water partition coefficient (Wildman–Crippen LogP) is 4.02. The molecule has 3 rings (SSSR count). The summed E-state index contributed by atoms with van der Waals surface area (Å²) < 4.78 is 0. The topological polar surface area (TPSA) is 81.8 Å². The number of nitrogens with one attached hydrogen (secondary N) is 2. The first-order chi connectivity index (χ1) is 14.7.